The predicted molar refractivity (Wildman–Crippen MR) is 32.9 cm³/mol. The van der Waals surface area contributed by atoms with Crippen LogP contribution < -0.4 is 0 Å². The minimum Gasteiger partial charge on any atom is -0.299 e. The lowest BCUT2D eigenvalue weighted by molar-refractivity contribution is -0.129. The number of allylic oxidation sites excluding steroid dienone is 2. The second kappa shape index (κ2) is 2.13. The first kappa shape index (κ1) is 6.20. The van der Waals surface area contributed by atoms with Gasteiger partial charge in [-0.1, -0.05) is 6.08 Å². The Kier molecular flexibility index (Phi) is 1.47. The number of hydrogen-bond donors (Lipinski definition) is 0. The summed E-state index contributed by atoms with van der Waals surface area (Å²) in [5.74, 6) is -0.427. The van der Waals surface area contributed by atoms with Gasteiger partial charge in [-0.3, -0.25) is 9.59 Å². The van der Waals surface area contributed by atoms with Crippen LogP contribution in [0.5, 0.6) is 0 Å². The van der Waals surface area contributed by atoms with Gasteiger partial charge in [0.05, 0.1) is 5.92 Å². The van der Waals surface area contributed by atoms with Crippen molar-refractivity contribution >= 4 is 11.6 Å². The molecule has 0 unspecified atom stereocenters. The van der Waals surface area contributed by atoms with Crippen LogP contribution in [0.25, 0.3) is 0 Å². The molecule has 0 amide bonds. The summed E-state index contributed by atoms with van der Waals surface area (Å²) < 4.78 is 0. The van der Waals surface area contributed by atoms with Gasteiger partial charge in [-0.2, -0.15) is 0 Å². The molecule has 0 fully saturated rings. The number of Topliss-reactive ketones (excluding diaryl/α,β-unsaturated/α-hetero) is 1. The molecule has 0 saturated heterocycles. The largest absolute Gasteiger partial charge is 0.299 e. The van der Waals surface area contributed by atoms with Crippen molar-refractivity contribution in [2.75, 3.05) is 0 Å². The zero-order valence-corrected chi connectivity index (χ0v) is 5.26. The summed E-state index contributed by atoms with van der Waals surface area (Å²) in [4.78, 5) is 21.4. The molecule has 0 aromatic rings. The molecule has 1 aliphatic carbocycles. The Morgan fingerprint density at radius 3 is 2.67 bits per heavy atom. The van der Waals surface area contributed by atoms with E-state index in [1.165, 1.54) is 6.08 Å². The Morgan fingerprint density at radius 2 is 2.22 bits per heavy atom. The van der Waals surface area contributed by atoms with E-state index in [1.807, 2.05) is 0 Å². The molecule has 0 radical (unpaired) electrons. The van der Waals surface area contributed by atoms with E-state index in [0.29, 0.717) is 6.42 Å². The number of hydrogen-bond acceptors (Lipinski definition) is 2. The second-order valence-corrected chi connectivity index (χ2v) is 2.20. The summed E-state index contributed by atoms with van der Waals surface area (Å²) in [7, 11) is 0. The molecule has 0 saturated carbocycles. The minimum atomic E-state index is -0.394. The molecule has 0 aliphatic heterocycles. The lowest BCUT2D eigenvalue weighted by atomic mass is 9.94. The number of rotatable bonds is 0. The number of carbonyl (C=O) groups excluding carboxylic acids is 2. The van der Waals surface area contributed by atoms with Gasteiger partial charge in [0.15, 0.2) is 5.78 Å². The topological polar surface area (TPSA) is 34.1 Å². The summed E-state index contributed by atoms with van der Waals surface area (Å²) in [5.41, 5.74) is 0. The van der Waals surface area contributed by atoms with Crippen molar-refractivity contribution in [2.24, 2.45) is 5.92 Å². The van der Waals surface area contributed by atoms with E-state index in [1.54, 1.807) is 13.0 Å². The highest BCUT2D eigenvalue weighted by atomic mass is 16.1. The molecule has 0 bridgehead atoms. The van der Waals surface area contributed by atoms with Crippen molar-refractivity contribution in [1.82, 2.24) is 0 Å². The smallest absolute Gasteiger partial charge is 0.165 e. The normalized spacial score (nSPS) is 27.0. The minimum absolute atomic E-state index is 0.0301. The zero-order valence-electron chi connectivity index (χ0n) is 5.26. The molecule has 2 heteroatoms. The molecular formula is C7H8O2. The van der Waals surface area contributed by atoms with Crippen LogP contribution in [0.4, 0.5) is 0 Å². The quantitative estimate of drug-likeness (QED) is 0.446. The SMILES string of the molecule is C[C@@H]1C(=O)C=CCC1=O. The summed E-state index contributed by atoms with van der Waals surface area (Å²) in [6.45, 7) is 1.65. The van der Waals surface area contributed by atoms with E-state index >= 15 is 0 Å². The van der Waals surface area contributed by atoms with E-state index in [2.05, 4.69) is 0 Å². The van der Waals surface area contributed by atoms with E-state index in [-0.39, 0.29) is 11.6 Å². The van der Waals surface area contributed by atoms with Gasteiger partial charge in [0.2, 0.25) is 0 Å². The molecule has 48 valence electrons. The van der Waals surface area contributed by atoms with Crippen LogP contribution in [0, 0.1) is 5.92 Å². The first-order valence-corrected chi connectivity index (χ1v) is 2.95. The zero-order chi connectivity index (χ0) is 6.85. The van der Waals surface area contributed by atoms with Crippen LogP contribution in [0.15, 0.2) is 12.2 Å². The first-order chi connectivity index (χ1) is 4.22. The third-order valence-corrected chi connectivity index (χ3v) is 1.51. The molecule has 9 heavy (non-hydrogen) atoms. The summed E-state index contributed by atoms with van der Waals surface area (Å²) in [6, 6.07) is 0. The van der Waals surface area contributed by atoms with Gasteiger partial charge in [-0.05, 0) is 13.0 Å². The van der Waals surface area contributed by atoms with E-state index in [0.717, 1.165) is 0 Å². The van der Waals surface area contributed by atoms with Crippen molar-refractivity contribution in [3.05, 3.63) is 12.2 Å². The van der Waals surface area contributed by atoms with Gasteiger partial charge in [0.25, 0.3) is 0 Å². The third kappa shape index (κ3) is 1.07. The van der Waals surface area contributed by atoms with Crippen LogP contribution in [0.1, 0.15) is 13.3 Å². The molecule has 2 nitrogen and oxygen atoms in total. The standard InChI is InChI=1S/C7H8O2/c1-5-6(8)3-2-4-7(5)9/h2-3,5H,4H2,1H3/t5-/m1/s1. The molecule has 0 aromatic carbocycles. The maximum atomic E-state index is 10.7. The van der Waals surface area contributed by atoms with Crippen LogP contribution in [-0.4, -0.2) is 11.6 Å². The lowest BCUT2D eigenvalue weighted by Gasteiger charge is -2.07. The predicted octanol–water partition coefficient (Wildman–Crippen LogP) is 0.721. The molecule has 0 heterocycles. The van der Waals surface area contributed by atoms with Gasteiger partial charge in [0.1, 0.15) is 5.78 Å². The second-order valence-electron chi connectivity index (χ2n) is 2.20. The van der Waals surface area contributed by atoms with E-state index in [9.17, 15) is 9.59 Å². The Bertz CT molecular complexity index is 179. The highest BCUT2D eigenvalue weighted by Crippen LogP contribution is 2.09. The van der Waals surface area contributed by atoms with Crippen molar-refractivity contribution in [2.45, 2.75) is 13.3 Å². The highest BCUT2D eigenvalue weighted by molar-refractivity contribution is 6.09. The van der Waals surface area contributed by atoms with Gasteiger partial charge in [0, 0.05) is 6.42 Å². The molecule has 1 atom stereocenters. The van der Waals surface area contributed by atoms with Crippen molar-refractivity contribution in [3.63, 3.8) is 0 Å². The number of ketones is 2. The van der Waals surface area contributed by atoms with Gasteiger partial charge >= 0.3 is 0 Å². The van der Waals surface area contributed by atoms with Crippen LogP contribution >= 0.6 is 0 Å². The van der Waals surface area contributed by atoms with Gasteiger partial charge in [-0.15, -0.1) is 0 Å². The van der Waals surface area contributed by atoms with Crippen molar-refractivity contribution < 1.29 is 9.59 Å². The molecular weight excluding hydrogens is 116 g/mol. The fraction of sp³-hybridized carbons (Fsp3) is 0.429. The average Bonchev–Trinajstić information content (AvgIpc) is 1.83. The monoisotopic (exact) mass is 124 g/mol. The molecule has 0 spiro atoms. The van der Waals surface area contributed by atoms with E-state index in [4.69, 9.17) is 0 Å². The summed E-state index contributed by atoms with van der Waals surface area (Å²) >= 11 is 0. The van der Waals surface area contributed by atoms with E-state index < -0.39 is 5.92 Å². The third-order valence-electron chi connectivity index (χ3n) is 1.51. The fourth-order valence-corrected chi connectivity index (χ4v) is 0.771. The first-order valence-electron chi connectivity index (χ1n) is 2.95. The van der Waals surface area contributed by atoms with Gasteiger partial charge < -0.3 is 0 Å². The maximum absolute atomic E-state index is 10.7. The Morgan fingerprint density at radius 1 is 1.56 bits per heavy atom. The average molecular weight is 124 g/mol. The van der Waals surface area contributed by atoms with Crippen molar-refractivity contribution in [1.29, 1.82) is 0 Å². The van der Waals surface area contributed by atoms with Crippen LogP contribution in [0.2, 0.25) is 0 Å². The highest BCUT2D eigenvalue weighted by Gasteiger charge is 2.20. The molecule has 0 aromatic heterocycles. The van der Waals surface area contributed by atoms with Crippen LogP contribution in [-0.2, 0) is 9.59 Å². The van der Waals surface area contributed by atoms with Crippen LogP contribution in [0.3, 0.4) is 0 Å². The summed E-state index contributed by atoms with van der Waals surface area (Å²) in [6.07, 6.45) is 3.52. The lowest BCUT2D eigenvalue weighted by Crippen LogP contribution is -2.21. The molecule has 1 rings (SSSR count). The van der Waals surface area contributed by atoms with Crippen molar-refractivity contribution in [3.8, 4) is 0 Å². The Labute approximate surface area is 53.6 Å². The number of carbonyl (C=O) groups is 2. The van der Waals surface area contributed by atoms with Gasteiger partial charge in [-0.25, -0.2) is 0 Å². The summed E-state index contributed by atoms with van der Waals surface area (Å²) in [5, 5.41) is 0. The Balaban J connectivity index is 2.81. The maximum Gasteiger partial charge on any atom is 0.165 e. The molecule has 0 N–H and O–H groups in total. The molecule has 1 aliphatic rings. The fourth-order valence-electron chi connectivity index (χ4n) is 0.771. The Hall–Kier alpha value is -0.920.